The van der Waals surface area contributed by atoms with Crippen LogP contribution in [0, 0.1) is 0 Å². The van der Waals surface area contributed by atoms with E-state index in [2.05, 4.69) is 68.4 Å². The average molecular weight is 415 g/mol. The van der Waals surface area contributed by atoms with E-state index in [1.54, 1.807) is 0 Å². The zero-order chi connectivity index (χ0) is 20.7. The molecular weight excluding hydrogens is 372 g/mol. The Morgan fingerprint density at radius 2 is 1.56 bits per heavy atom. The first kappa shape index (κ1) is 23.1. The zero-order valence-corrected chi connectivity index (χ0v) is 21.3. The van der Waals surface area contributed by atoms with E-state index in [1.165, 1.54) is 0 Å². The van der Waals surface area contributed by atoms with Crippen LogP contribution >= 0.6 is 0 Å². The first-order chi connectivity index (χ1) is 12.3. The molecule has 0 aromatic carbocycles. The van der Waals surface area contributed by atoms with Crippen LogP contribution in [0.5, 0.6) is 0 Å². The summed E-state index contributed by atoms with van der Waals surface area (Å²) in [6.45, 7) is 23.0. The summed E-state index contributed by atoms with van der Waals surface area (Å²) in [4.78, 5) is 0. The Hall–Kier alpha value is -0.146. The second kappa shape index (κ2) is 7.94. The summed E-state index contributed by atoms with van der Waals surface area (Å²) in [5, 5.41) is -0.0719. The molecule has 27 heavy (non-hydrogen) atoms. The molecule has 0 aromatic rings. The van der Waals surface area contributed by atoms with Gasteiger partial charge in [0.15, 0.2) is 8.32 Å². The molecule has 0 bridgehead atoms. The maximum Gasteiger partial charge on any atom is 0.349 e. The molecule has 2 aliphatic heterocycles. The topological polar surface area (TPSA) is 36.9 Å². The molecule has 0 amide bonds. The maximum atomic E-state index is 6.99. The van der Waals surface area contributed by atoms with Crippen LogP contribution in [0.25, 0.3) is 0 Å². The normalized spacial score (nSPS) is 29.0. The smallest absolute Gasteiger partial charge is 0.349 e. The summed E-state index contributed by atoms with van der Waals surface area (Å²) in [5.74, 6) is 0.931. The quantitative estimate of drug-likeness (QED) is 0.506. The van der Waals surface area contributed by atoms with Crippen molar-refractivity contribution in [2.75, 3.05) is 6.61 Å². The molecule has 0 aliphatic carbocycles. The second-order valence-electron chi connectivity index (χ2n) is 10.3. The van der Waals surface area contributed by atoms with E-state index in [0.717, 1.165) is 23.9 Å². The van der Waals surface area contributed by atoms with Crippen molar-refractivity contribution in [3.8, 4) is 0 Å². The van der Waals surface area contributed by atoms with Crippen LogP contribution in [0.1, 0.15) is 69.2 Å². The maximum absolute atomic E-state index is 6.99. The fourth-order valence-electron chi connectivity index (χ4n) is 4.88. The predicted molar refractivity (Wildman–Crippen MR) is 117 cm³/mol. The van der Waals surface area contributed by atoms with Gasteiger partial charge in [0, 0.05) is 10.1 Å². The third-order valence-electron chi connectivity index (χ3n) is 6.47. The highest BCUT2D eigenvalue weighted by atomic mass is 28.4. The Morgan fingerprint density at radius 3 is 2.00 bits per heavy atom. The largest absolute Gasteiger partial charge is 0.490 e. The third kappa shape index (κ3) is 4.25. The van der Waals surface area contributed by atoms with Gasteiger partial charge in [-0.05, 0) is 31.1 Å². The highest BCUT2D eigenvalue weighted by Gasteiger charge is 2.63. The van der Waals surface area contributed by atoms with Crippen molar-refractivity contribution in [2.45, 2.75) is 116 Å². The lowest BCUT2D eigenvalue weighted by Gasteiger charge is -2.56. The van der Waals surface area contributed by atoms with Crippen LogP contribution in [-0.2, 0) is 18.0 Å². The third-order valence-corrected chi connectivity index (χ3v) is 16.2. The molecule has 1 fully saturated rings. The Morgan fingerprint density at radius 1 is 1.04 bits per heavy atom. The summed E-state index contributed by atoms with van der Waals surface area (Å²) < 4.78 is 26.6. The molecule has 1 saturated heterocycles. The number of ether oxygens (including phenoxy) is 1. The van der Waals surface area contributed by atoms with Crippen LogP contribution in [0.3, 0.4) is 0 Å². The fourth-order valence-corrected chi connectivity index (χ4v) is 12.6. The number of allylic oxidation sites excluding steroid dienone is 1. The molecule has 6 heteroatoms. The van der Waals surface area contributed by atoms with Crippen LogP contribution in [0.15, 0.2) is 11.8 Å². The first-order valence-electron chi connectivity index (χ1n) is 10.7. The van der Waals surface area contributed by atoms with Crippen molar-refractivity contribution >= 4 is 16.9 Å². The molecule has 158 valence electrons. The van der Waals surface area contributed by atoms with Gasteiger partial charge in [-0.25, -0.2) is 0 Å². The van der Waals surface area contributed by atoms with E-state index in [1.807, 2.05) is 6.92 Å². The van der Waals surface area contributed by atoms with Gasteiger partial charge in [0.1, 0.15) is 12.2 Å². The van der Waals surface area contributed by atoms with Gasteiger partial charge in [-0.15, -0.1) is 0 Å². The molecule has 2 aliphatic rings. The summed E-state index contributed by atoms with van der Waals surface area (Å²) in [5.41, 5.74) is 0. The predicted octanol–water partition coefficient (Wildman–Crippen LogP) is 6.14. The van der Waals surface area contributed by atoms with Crippen LogP contribution < -0.4 is 0 Å². The van der Waals surface area contributed by atoms with Crippen molar-refractivity contribution in [2.24, 2.45) is 0 Å². The fraction of sp³-hybridized carbons (Fsp3) is 0.905. The minimum atomic E-state index is -2.54. The second-order valence-corrected chi connectivity index (χ2v) is 19.8. The molecular formula is C21H42O4Si2. The van der Waals surface area contributed by atoms with Gasteiger partial charge < -0.3 is 18.0 Å². The summed E-state index contributed by atoms with van der Waals surface area (Å²) in [6, 6.07) is 3.41. The lowest BCUT2D eigenvalue weighted by molar-refractivity contribution is -0.127. The van der Waals surface area contributed by atoms with Crippen molar-refractivity contribution in [3.63, 3.8) is 0 Å². The van der Waals surface area contributed by atoms with E-state index >= 15 is 0 Å². The van der Waals surface area contributed by atoms with Crippen LogP contribution in [-0.4, -0.2) is 41.8 Å². The monoisotopic (exact) mass is 414 g/mol. The number of fused-ring (bicyclic) bond motifs is 1. The molecule has 0 radical (unpaired) electrons. The van der Waals surface area contributed by atoms with Crippen molar-refractivity contribution < 1.29 is 18.0 Å². The first-order valence-corrected chi connectivity index (χ1v) is 15.0. The van der Waals surface area contributed by atoms with Gasteiger partial charge in [-0.3, -0.25) is 0 Å². The minimum absolute atomic E-state index is 0.0317. The van der Waals surface area contributed by atoms with Crippen molar-refractivity contribution in [1.82, 2.24) is 0 Å². The molecule has 0 spiro atoms. The Labute approximate surface area is 169 Å². The van der Waals surface area contributed by atoms with E-state index in [9.17, 15) is 0 Å². The molecule has 2 rings (SSSR count). The molecule has 2 heterocycles. The van der Waals surface area contributed by atoms with Crippen LogP contribution in [0.2, 0.25) is 28.2 Å². The highest BCUT2D eigenvalue weighted by Crippen LogP contribution is 2.55. The van der Waals surface area contributed by atoms with Crippen LogP contribution in [0.4, 0.5) is 0 Å². The number of hydrogen-bond donors (Lipinski definition) is 0. The zero-order valence-electron chi connectivity index (χ0n) is 19.3. The Bertz CT molecular complexity index is 521. The highest BCUT2D eigenvalue weighted by molar-refractivity contribution is 6.74. The Balaban J connectivity index is 2.41. The Kier molecular flexibility index (Phi) is 6.80. The minimum Gasteiger partial charge on any atom is -0.490 e. The van der Waals surface area contributed by atoms with E-state index in [-0.39, 0.29) is 28.4 Å². The van der Waals surface area contributed by atoms with Gasteiger partial charge in [0.2, 0.25) is 0 Å². The molecule has 0 unspecified atom stereocenters. The van der Waals surface area contributed by atoms with E-state index in [0.29, 0.717) is 6.61 Å². The van der Waals surface area contributed by atoms with Gasteiger partial charge in [0.05, 0.1) is 18.5 Å². The lowest BCUT2D eigenvalue weighted by Crippen LogP contribution is -2.68. The summed E-state index contributed by atoms with van der Waals surface area (Å²) in [7, 11) is -4.29. The summed E-state index contributed by atoms with van der Waals surface area (Å²) >= 11 is 0. The van der Waals surface area contributed by atoms with Crippen molar-refractivity contribution in [3.05, 3.63) is 11.8 Å². The average Bonchev–Trinajstić information content (AvgIpc) is 2.57. The van der Waals surface area contributed by atoms with E-state index in [4.69, 9.17) is 18.0 Å². The molecule has 3 atom stereocenters. The number of hydrogen-bond acceptors (Lipinski definition) is 4. The van der Waals surface area contributed by atoms with Gasteiger partial charge >= 0.3 is 8.56 Å². The molecule has 0 saturated carbocycles. The lowest BCUT2D eigenvalue weighted by atomic mass is 10.1. The standard InChI is InChI=1S/C21H42O4Si2/c1-11-26(12-2,13-3)24-17-14-16(4)23-18-15-22-27(20(5,6)7,21(8,9)10)25-19(17)18/h14,17-19H,11-13,15H2,1-10H3/t17-,18-,19+/m1/s1. The van der Waals surface area contributed by atoms with Gasteiger partial charge in [0.25, 0.3) is 0 Å². The molecule has 4 nitrogen and oxygen atoms in total. The van der Waals surface area contributed by atoms with Gasteiger partial charge in [-0.1, -0.05) is 62.3 Å². The number of rotatable bonds is 5. The van der Waals surface area contributed by atoms with Gasteiger partial charge in [-0.2, -0.15) is 0 Å². The summed E-state index contributed by atoms with van der Waals surface area (Å²) in [6.07, 6.45) is 1.96. The molecule has 0 N–H and O–H groups in total. The molecule has 0 aromatic heterocycles. The van der Waals surface area contributed by atoms with E-state index < -0.39 is 16.9 Å². The van der Waals surface area contributed by atoms with Crippen molar-refractivity contribution in [1.29, 1.82) is 0 Å². The SMILES string of the molecule is CC[Si](CC)(CC)O[C@@H]1C=C(C)O[C@@H]2CO[Si](C(C)(C)C)(C(C)(C)C)O[C@@H]12.